The van der Waals surface area contributed by atoms with Gasteiger partial charge in [-0.15, -0.1) is 0 Å². The molecule has 2 rings (SSSR count). The molecule has 0 spiro atoms. The van der Waals surface area contributed by atoms with Crippen LogP contribution in [-0.4, -0.2) is 18.9 Å². The highest BCUT2D eigenvalue weighted by Crippen LogP contribution is 2.34. The lowest BCUT2D eigenvalue weighted by atomic mass is 9.93. The van der Waals surface area contributed by atoms with E-state index >= 15 is 0 Å². The highest BCUT2D eigenvalue weighted by atomic mass is 19.4. The third-order valence-electron chi connectivity index (χ3n) is 3.63. The fourth-order valence-electron chi connectivity index (χ4n) is 2.38. The van der Waals surface area contributed by atoms with Crippen LogP contribution in [0.4, 0.5) is 26.3 Å². The van der Waals surface area contributed by atoms with E-state index < -0.39 is 52.8 Å². The Morgan fingerprint density at radius 1 is 0.963 bits per heavy atom. The van der Waals surface area contributed by atoms with Gasteiger partial charge in [0.15, 0.2) is 5.78 Å². The molecule has 0 aromatic heterocycles. The number of carbonyl (C=O) groups is 2. The molecule has 9 heteroatoms. The second-order valence-electron chi connectivity index (χ2n) is 5.44. The summed E-state index contributed by atoms with van der Waals surface area (Å²) >= 11 is 0. The highest BCUT2D eigenvalue weighted by Gasteiger charge is 2.37. The number of hydrogen-bond donors (Lipinski definition) is 0. The standard InChI is InChI=1S/C18H11F6O3/c1-27-16(26)12-3-2-4-13(18(22,23)24)15(12)14(25)9-10-5-7-11(8-6-10)17(19,20)21/h3-8H,9H2,1H3. The summed E-state index contributed by atoms with van der Waals surface area (Å²) < 4.78 is 81.8. The van der Waals surface area contributed by atoms with Crippen LogP contribution in [0.15, 0.2) is 36.4 Å². The number of methoxy groups -OCH3 is 1. The minimum absolute atomic E-state index is 0.0600. The maximum Gasteiger partial charge on any atom is 0.417 e. The van der Waals surface area contributed by atoms with Gasteiger partial charge in [0, 0.05) is 12.0 Å². The lowest BCUT2D eigenvalue weighted by Gasteiger charge is -2.15. The Labute approximate surface area is 149 Å². The van der Waals surface area contributed by atoms with Crippen LogP contribution in [0.25, 0.3) is 0 Å². The summed E-state index contributed by atoms with van der Waals surface area (Å²) in [5, 5.41) is 0. The molecule has 0 fully saturated rings. The quantitative estimate of drug-likeness (QED) is 0.431. The first-order valence-electron chi connectivity index (χ1n) is 7.34. The molecule has 0 N–H and O–H groups in total. The zero-order chi connectivity index (χ0) is 20.4. The molecule has 0 saturated heterocycles. The Bertz CT molecular complexity index is 851. The van der Waals surface area contributed by atoms with E-state index in [2.05, 4.69) is 10.8 Å². The van der Waals surface area contributed by atoms with Crippen molar-refractivity contribution in [2.75, 3.05) is 7.11 Å². The molecule has 1 radical (unpaired) electrons. The van der Waals surface area contributed by atoms with Gasteiger partial charge in [-0.3, -0.25) is 4.79 Å². The Morgan fingerprint density at radius 2 is 1.56 bits per heavy atom. The summed E-state index contributed by atoms with van der Waals surface area (Å²) in [6.45, 7) is 0. The van der Waals surface area contributed by atoms with Crippen molar-refractivity contribution in [3.63, 3.8) is 0 Å². The third-order valence-corrected chi connectivity index (χ3v) is 3.63. The second-order valence-corrected chi connectivity index (χ2v) is 5.44. The van der Waals surface area contributed by atoms with Crippen molar-refractivity contribution in [1.29, 1.82) is 0 Å². The van der Waals surface area contributed by atoms with Crippen molar-refractivity contribution in [1.82, 2.24) is 0 Å². The van der Waals surface area contributed by atoms with Crippen LogP contribution in [0.2, 0.25) is 0 Å². The Hall–Kier alpha value is -2.84. The Kier molecular flexibility index (Phi) is 5.62. The van der Waals surface area contributed by atoms with Gasteiger partial charge in [-0.05, 0) is 35.9 Å². The van der Waals surface area contributed by atoms with Gasteiger partial charge >= 0.3 is 18.3 Å². The lowest BCUT2D eigenvalue weighted by Crippen LogP contribution is -2.20. The molecule has 0 amide bonds. The lowest BCUT2D eigenvalue weighted by molar-refractivity contribution is -0.138. The number of Topliss-reactive ketones (excluding diaryl/α,β-unsaturated/α-hetero) is 1. The summed E-state index contributed by atoms with van der Waals surface area (Å²) in [6, 6.07) is 6.95. The smallest absolute Gasteiger partial charge is 0.417 e. The van der Waals surface area contributed by atoms with Crippen molar-refractivity contribution in [2.45, 2.75) is 18.8 Å². The molecule has 0 aliphatic carbocycles. The van der Waals surface area contributed by atoms with Gasteiger partial charge < -0.3 is 4.74 Å². The van der Waals surface area contributed by atoms with Gasteiger partial charge in [0.25, 0.3) is 0 Å². The molecule has 0 saturated carbocycles. The van der Waals surface area contributed by atoms with Crippen LogP contribution in [0.3, 0.4) is 0 Å². The number of hydrogen-bond acceptors (Lipinski definition) is 3. The molecule has 143 valence electrons. The molecule has 0 heterocycles. The normalized spacial score (nSPS) is 12.0. The van der Waals surface area contributed by atoms with Gasteiger partial charge in [0.1, 0.15) is 0 Å². The molecule has 0 bridgehead atoms. The molecule has 0 unspecified atom stereocenters. The van der Waals surface area contributed by atoms with Crippen molar-refractivity contribution in [3.8, 4) is 0 Å². The number of benzene rings is 2. The highest BCUT2D eigenvalue weighted by molar-refractivity contribution is 6.08. The third kappa shape index (κ3) is 4.66. The molecular weight excluding hydrogens is 378 g/mol. The number of ketones is 1. The molecule has 0 atom stereocenters. The van der Waals surface area contributed by atoms with Crippen LogP contribution in [0.1, 0.15) is 37.4 Å². The van der Waals surface area contributed by atoms with Crippen LogP contribution >= 0.6 is 0 Å². The molecule has 0 aliphatic rings. The van der Waals surface area contributed by atoms with Gasteiger partial charge in [-0.25, -0.2) is 4.79 Å². The maximum atomic E-state index is 13.2. The summed E-state index contributed by atoms with van der Waals surface area (Å²) in [7, 11) is 0.937. The van der Waals surface area contributed by atoms with E-state index in [4.69, 9.17) is 0 Å². The van der Waals surface area contributed by atoms with E-state index in [1.54, 1.807) is 0 Å². The molecule has 2 aromatic rings. The zero-order valence-electron chi connectivity index (χ0n) is 13.7. The Morgan fingerprint density at radius 3 is 2.04 bits per heavy atom. The fourth-order valence-corrected chi connectivity index (χ4v) is 2.38. The van der Waals surface area contributed by atoms with E-state index in [1.807, 2.05) is 0 Å². The minimum Gasteiger partial charge on any atom is -0.465 e. The molecule has 3 nitrogen and oxygen atoms in total. The number of halogens is 6. The SMILES string of the molecule is COC(=O)c1c[c]cc(C(F)(F)F)c1C(=O)Cc1ccc(C(F)(F)F)cc1. The largest absolute Gasteiger partial charge is 0.465 e. The van der Waals surface area contributed by atoms with Crippen LogP contribution in [-0.2, 0) is 23.5 Å². The monoisotopic (exact) mass is 389 g/mol. The summed E-state index contributed by atoms with van der Waals surface area (Å²) in [6.07, 6.45) is -10.2. The first-order chi connectivity index (χ1) is 12.4. The predicted molar refractivity (Wildman–Crippen MR) is 81.1 cm³/mol. The topological polar surface area (TPSA) is 43.4 Å². The molecule has 2 aromatic carbocycles. The Balaban J connectivity index is 2.44. The van der Waals surface area contributed by atoms with E-state index in [9.17, 15) is 35.9 Å². The number of carbonyl (C=O) groups excluding carboxylic acids is 2. The average molecular weight is 389 g/mol. The van der Waals surface area contributed by atoms with Gasteiger partial charge in [-0.1, -0.05) is 12.1 Å². The van der Waals surface area contributed by atoms with E-state index in [0.29, 0.717) is 18.2 Å². The van der Waals surface area contributed by atoms with Gasteiger partial charge in [0.2, 0.25) is 0 Å². The number of esters is 1. The van der Waals surface area contributed by atoms with Gasteiger partial charge in [-0.2, -0.15) is 26.3 Å². The van der Waals surface area contributed by atoms with E-state index in [0.717, 1.165) is 25.3 Å². The van der Waals surface area contributed by atoms with Crippen LogP contribution < -0.4 is 0 Å². The molecule has 0 aliphatic heterocycles. The van der Waals surface area contributed by atoms with Crippen LogP contribution in [0.5, 0.6) is 0 Å². The molecule has 27 heavy (non-hydrogen) atoms. The summed E-state index contributed by atoms with van der Waals surface area (Å²) in [5.41, 5.74) is -3.80. The minimum atomic E-state index is -4.94. The average Bonchev–Trinajstić information content (AvgIpc) is 2.59. The maximum absolute atomic E-state index is 13.2. The van der Waals surface area contributed by atoms with Crippen molar-refractivity contribution < 1.29 is 40.7 Å². The summed E-state index contributed by atoms with van der Waals surface area (Å²) in [5.74, 6) is -2.25. The van der Waals surface area contributed by atoms with Gasteiger partial charge in [0.05, 0.1) is 23.8 Å². The predicted octanol–water partition coefficient (Wildman–Crippen LogP) is 4.74. The van der Waals surface area contributed by atoms with Crippen LogP contribution in [0, 0.1) is 6.07 Å². The number of alkyl halides is 6. The summed E-state index contributed by atoms with van der Waals surface area (Å²) in [4.78, 5) is 24.2. The second kappa shape index (κ2) is 7.42. The number of ether oxygens (including phenoxy) is 1. The molecular formula is C18H11F6O3. The number of rotatable bonds is 4. The van der Waals surface area contributed by atoms with Crippen molar-refractivity contribution in [2.24, 2.45) is 0 Å². The first-order valence-corrected chi connectivity index (χ1v) is 7.34. The van der Waals surface area contributed by atoms with Crippen molar-refractivity contribution >= 4 is 11.8 Å². The fraction of sp³-hybridized carbons (Fsp3) is 0.222. The zero-order valence-corrected chi connectivity index (χ0v) is 13.7. The van der Waals surface area contributed by atoms with Crippen molar-refractivity contribution in [3.05, 3.63) is 70.3 Å². The van der Waals surface area contributed by atoms with E-state index in [1.165, 1.54) is 0 Å². The first kappa shape index (κ1) is 20.5. The van der Waals surface area contributed by atoms with E-state index in [-0.39, 0.29) is 5.56 Å².